The molecular formula is C21H22N4O5. The van der Waals surface area contributed by atoms with Gasteiger partial charge in [-0.3, -0.25) is 19.3 Å². The van der Waals surface area contributed by atoms with Gasteiger partial charge in [-0.2, -0.15) is 0 Å². The summed E-state index contributed by atoms with van der Waals surface area (Å²) in [6.45, 7) is 1.93. The molecule has 9 nitrogen and oxygen atoms in total. The smallest absolute Gasteiger partial charge is 0.333 e. The Morgan fingerprint density at radius 2 is 1.83 bits per heavy atom. The average molecular weight is 410 g/mol. The molecule has 0 spiro atoms. The summed E-state index contributed by atoms with van der Waals surface area (Å²) < 4.78 is 4.96. The fraction of sp³-hybridized carbons (Fsp3) is 0.238. The van der Waals surface area contributed by atoms with E-state index in [0.717, 1.165) is 9.80 Å². The first-order valence-electron chi connectivity index (χ1n) is 9.30. The minimum Gasteiger partial charge on any atom is -0.399 e. The van der Waals surface area contributed by atoms with E-state index >= 15 is 0 Å². The quantitative estimate of drug-likeness (QED) is 0.429. The lowest BCUT2D eigenvalue weighted by molar-refractivity contribution is -0.115. The summed E-state index contributed by atoms with van der Waals surface area (Å²) in [6.07, 6.45) is 0.527. The highest BCUT2D eigenvalue weighted by Gasteiger charge is 2.35. The predicted octanol–water partition coefficient (Wildman–Crippen LogP) is 2.49. The molecule has 1 aliphatic rings. The van der Waals surface area contributed by atoms with Crippen LogP contribution in [-0.4, -0.2) is 48.9 Å². The molecule has 1 aliphatic heterocycles. The van der Waals surface area contributed by atoms with Gasteiger partial charge in [-0.15, -0.1) is 0 Å². The van der Waals surface area contributed by atoms with E-state index in [2.05, 4.69) is 5.32 Å². The molecule has 0 unspecified atom stereocenters. The molecule has 2 aromatic rings. The third-order valence-corrected chi connectivity index (χ3v) is 4.60. The van der Waals surface area contributed by atoms with E-state index in [0.29, 0.717) is 24.4 Å². The normalized spacial score (nSPS) is 12.7. The Morgan fingerprint density at radius 3 is 2.50 bits per heavy atom. The van der Waals surface area contributed by atoms with Crippen LogP contribution >= 0.6 is 0 Å². The van der Waals surface area contributed by atoms with Gasteiger partial charge in [0.25, 0.3) is 11.8 Å². The van der Waals surface area contributed by atoms with Crippen LogP contribution in [0.3, 0.4) is 0 Å². The Morgan fingerprint density at radius 1 is 1.10 bits per heavy atom. The molecule has 0 saturated heterocycles. The number of ether oxygens (including phenoxy) is 1. The number of carbonyl (C=O) groups is 4. The second-order valence-electron chi connectivity index (χ2n) is 6.75. The maximum Gasteiger partial charge on any atom is 0.333 e. The number of urea groups is 1. The molecule has 3 N–H and O–H groups in total. The molecule has 0 saturated carbocycles. The summed E-state index contributed by atoms with van der Waals surface area (Å²) in [6, 6.07) is 10.1. The predicted molar refractivity (Wildman–Crippen MR) is 111 cm³/mol. The lowest BCUT2D eigenvalue weighted by atomic mass is 10.1. The molecule has 3 rings (SSSR count). The standard InChI is InChI=1S/C21H22N4O5/c1-13(26)25(16-6-3-5-14(22)11-16)21(29)23-15-7-8-17-18(12-15)20(28)24(19(17)27)9-4-10-30-2/h3,5-8,11-12H,4,9-10,22H2,1-2H3,(H,23,29). The molecule has 30 heavy (non-hydrogen) atoms. The van der Waals surface area contributed by atoms with Crippen LogP contribution < -0.4 is 16.0 Å². The highest BCUT2D eigenvalue weighted by Crippen LogP contribution is 2.27. The van der Waals surface area contributed by atoms with Gasteiger partial charge in [0.1, 0.15) is 0 Å². The van der Waals surface area contributed by atoms with Gasteiger partial charge in [-0.25, -0.2) is 9.69 Å². The van der Waals surface area contributed by atoms with Gasteiger partial charge < -0.3 is 15.8 Å². The second-order valence-corrected chi connectivity index (χ2v) is 6.75. The maximum absolute atomic E-state index is 12.7. The monoisotopic (exact) mass is 410 g/mol. The number of amides is 5. The number of nitrogen functional groups attached to an aromatic ring is 1. The molecular weight excluding hydrogens is 388 g/mol. The van der Waals surface area contributed by atoms with Crippen molar-refractivity contribution in [2.75, 3.05) is 36.2 Å². The Bertz CT molecular complexity index is 1020. The zero-order chi connectivity index (χ0) is 21.8. The number of benzene rings is 2. The van der Waals surface area contributed by atoms with Gasteiger partial charge in [0.15, 0.2) is 0 Å². The number of anilines is 3. The summed E-state index contributed by atoms with van der Waals surface area (Å²) in [7, 11) is 1.55. The summed E-state index contributed by atoms with van der Waals surface area (Å²) in [5.74, 6) is -1.31. The van der Waals surface area contributed by atoms with Crippen molar-refractivity contribution in [2.45, 2.75) is 13.3 Å². The van der Waals surface area contributed by atoms with Crippen molar-refractivity contribution >= 4 is 40.8 Å². The summed E-state index contributed by atoms with van der Waals surface area (Å²) in [4.78, 5) is 51.9. The molecule has 156 valence electrons. The zero-order valence-corrected chi connectivity index (χ0v) is 16.7. The number of rotatable bonds is 6. The minimum absolute atomic E-state index is 0.202. The van der Waals surface area contributed by atoms with Gasteiger partial charge in [0, 0.05) is 38.6 Å². The molecule has 0 fully saturated rings. The van der Waals surface area contributed by atoms with E-state index in [4.69, 9.17) is 10.5 Å². The summed E-state index contributed by atoms with van der Waals surface area (Å²) in [5, 5.41) is 2.60. The zero-order valence-electron chi connectivity index (χ0n) is 16.7. The minimum atomic E-state index is -0.707. The number of methoxy groups -OCH3 is 1. The molecule has 0 aromatic heterocycles. The Labute approximate surface area is 173 Å². The summed E-state index contributed by atoms with van der Waals surface area (Å²) in [5.41, 5.74) is 7.23. The number of carbonyl (C=O) groups excluding carboxylic acids is 4. The first kappa shape index (κ1) is 21.0. The number of fused-ring (bicyclic) bond motifs is 1. The Hall–Kier alpha value is -3.72. The highest BCUT2D eigenvalue weighted by atomic mass is 16.5. The van der Waals surface area contributed by atoms with Crippen LogP contribution in [-0.2, 0) is 9.53 Å². The van der Waals surface area contributed by atoms with Crippen LogP contribution in [0.15, 0.2) is 42.5 Å². The van der Waals surface area contributed by atoms with Gasteiger partial charge in [-0.05, 0) is 42.8 Å². The van der Waals surface area contributed by atoms with E-state index < -0.39 is 17.8 Å². The van der Waals surface area contributed by atoms with E-state index in [9.17, 15) is 19.2 Å². The van der Waals surface area contributed by atoms with Crippen molar-refractivity contribution in [2.24, 2.45) is 0 Å². The average Bonchev–Trinajstić information content (AvgIpc) is 2.92. The molecule has 0 radical (unpaired) electrons. The maximum atomic E-state index is 12.7. The number of nitrogens with two attached hydrogens (primary N) is 1. The number of hydrogen-bond acceptors (Lipinski definition) is 6. The third kappa shape index (κ3) is 4.15. The SMILES string of the molecule is COCCCN1C(=O)c2ccc(NC(=O)N(C(C)=O)c3cccc(N)c3)cc2C1=O. The molecule has 1 heterocycles. The van der Waals surface area contributed by atoms with Crippen LogP contribution in [0.4, 0.5) is 21.9 Å². The first-order valence-corrected chi connectivity index (χ1v) is 9.30. The van der Waals surface area contributed by atoms with Crippen molar-refractivity contribution in [3.63, 3.8) is 0 Å². The fourth-order valence-electron chi connectivity index (χ4n) is 3.22. The molecule has 0 bridgehead atoms. The van der Waals surface area contributed by atoms with Crippen LogP contribution in [0.5, 0.6) is 0 Å². The third-order valence-electron chi connectivity index (χ3n) is 4.60. The second kappa shape index (κ2) is 8.75. The molecule has 0 aliphatic carbocycles. The van der Waals surface area contributed by atoms with Crippen LogP contribution in [0, 0.1) is 0 Å². The van der Waals surface area contributed by atoms with Crippen LogP contribution in [0.2, 0.25) is 0 Å². The Balaban J connectivity index is 1.80. The lowest BCUT2D eigenvalue weighted by Crippen LogP contribution is -2.38. The van der Waals surface area contributed by atoms with Crippen molar-refractivity contribution in [1.82, 2.24) is 4.90 Å². The van der Waals surface area contributed by atoms with Crippen LogP contribution in [0.25, 0.3) is 0 Å². The largest absolute Gasteiger partial charge is 0.399 e. The van der Waals surface area contributed by atoms with Gasteiger partial charge in [0.05, 0.1) is 16.8 Å². The van der Waals surface area contributed by atoms with Gasteiger partial charge >= 0.3 is 6.03 Å². The number of hydrogen-bond donors (Lipinski definition) is 2. The van der Waals surface area contributed by atoms with Crippen molar-refractivity contribution < 1.29 is 23.9 Å². The first-order chi connectivity index (χ1) is 14.3. The Kier molecular flexibility index (Phi) is 6.12. The van der Waals surface area contributed by atoms with Crippen molar-refractivity contribution in [3.8, 4) is 0 Å². The van der Waals surface area contributed by atoms with Gasteiger partial charge in [-0.1, -0.05) is 6.07 Å². The number of nitrogens with one attached hydrogen (secondary N) is 1. The van der Waals surface area contributed by atoms with E-state index in [1.807, 2.05) is 0 Å². The summed E-state index contributed by atoms with van der Waals surface area (Å²) >= 11 is 0. The van der Waals surface area contributed by atoms with Gasteiger partial charge in [0.2, 0.25) is 5.91 Å². The number of imide groups is 2. The van der Waals surface area contributed by atoms with E-state index in [1.165, 1.54) is 31.2 Å². The topological polar surface area (TPSA) is 122 Å². The fourth-order valence-corrected chi connectivity index (χ4v) is 3.22. The van der Waals surface area contributed by atoms with E-state index in [1.54, 1.807) is 25.3 Å². The lowest BCUT2D eigenvalue weighted by Gasteiger charge is -2.20. The number of nitrogens with zero attached hydrogens (tertiary/aromatic N) is 2. The van der Waals surface area contributed by atoms with Crippen LogP contribution in [0.1, 0.15) is 34.1 Å². The van der Waals surface area contributed by atoms with Crippen molar-refractivity contribution in [3.05, 3.63) is 53.6 Å². The molecule has 5 amide bonds. The molecule has 9 heteroatoms. The highest BCUT2D eigenvalue weighted by molar-refractivity contribution is 6.22. The van der Waals surface area contributed by atoms with Crippen molar-refractivity contribution in [1.29, 1.82) is 0 Å². The molecule has 0 atom stereocenters. The molecule has 2 aromatic carbocycles. The van der Waals surface area contributed by atoms with E-state index in [-0.39, 0.29) is 29.3 Å².